The van der Waals surface area contributed by atoms with Crippen LogP contribution in [-0.2, 0) is 11.2 Å². The number of aromatic nitrogens is 1. The van der Waals surface area contributed by atoms with Gasteiger partial charge in [0.15, 0.2) is 0 Å². The fourth-order valence-corrected chi connectivity index (χ4v) is 1.84. The van der Waals surface area contributed by atoms with Crippen molar-refractivity contribution in [1.82, 2.24) is 10.0 Å². The molecule has 0 spiro atoms. The number of amides is 1. The van der Waals surface area contributed by atoms with Gasteiger partial charge >= 0.3 is 12.1 Å². The van der Waals surface area contributed by atoms with Crippen LogP contribution in [0.2, 0.25) is 0 Å². The molecule has 0 aliphatic carbocycles. The van der Waals surface area contributed by atoms with E-state index in [2.05, 4.69) is 0 Å². The fourth-order valence-electron chi connectivity index (χ4n) is 1.84. The first-order valence-corrected chi connectivity index (χ1v) is 5.53. The zero-order valence-electron chi connectivity index (χ0n) is 9.74. The Morgan fingerprint density at radius 1 is 1.32 bits per heavy atom. The van der Waals surface area contributed by atoms with E-state index in [1.807, 2.05) is 0 Å². The summed E-state index contributed by atoms with van der Waals surface area (Å²) in [5.74, 6) is -1.96. The third kappa shape index (κ3) is 2.81. The standard InChI is InChI=1S/C12H11F3N2O2/c13-12(14,15)11(18)16-6-5-8-7-17(19)10-4-2-1-3-9(8)10/h1-4,7,19H,5-6H2,(H,16,18). The number of hydrogen-bond acceptors (Lipinski definition) is 2. The summed E-state index contributed by atoms with van der Waals surface area (Å²) in [7, 11) is 0. The molecule has 4 nitrogen and oxygen atoms in total. The van der Waals surface area contributed by atoms with Crippen LogP contribution in [0, 0.1) is 0 Å². The van der Waals surface area contributed by atoms with Crippen molar-refractivity contribution in [2.45, 2.75) is 12.6 Å². The quantitative estimate of drug-likeness (QED) is 0.841. The van der Waals surface area contributed by atoms with Crippen LogP contribution in [0.1, 0.15) is 5.56 Å². The number of fused-ring (bicyclic) bond motifs is 1. The lowest BCUT2D eigenvalue weighted by Crippen LogP contribution is -2.37. The van der Waals surface area contributed by atoms with E-state index in [-0.39, 0.29) is 13.0 Å². The second-order valence-electron chi connectivity index (χ2n) is 4.02. The van der Waals surface area contributed by atoms with E-state index in [0.29, 0.717) is 11.1 Å². The summed E-state index contributed by atoms with van der Waals surface area (Å²) in [6.07, 6.45) is -3.24. The van der Waals surface area contributed by atoms with E-state index in [4.69, 9.17) is 0 Å². The number of halogens is 3. The molecule has 102 valence electrons. The Kier molecular flexibility index (Phi) is 3.37. The average Bonchev–Trinajstić information content (AvgIpc) is 2.66. The van der Waals surface area contributed by atoms with Crippen LogP contribution in [0.3, 0.4) is 0 Å². The van der Waals surface area contributed by atoms with Gasteiger partial charge in [-0.05, 0) is 18.1 Å². The molecule has 1 amide bonds. The van der Waals surface area contributed by atoms with Crippen molar-refractivity contribution < 1.29 is 23.2 Å². The Morgan fingerprint density at radius 3 is 2.68 bits per heavy atom. The molecule has 0 saturated carbocycles. The number of benzene rings is 1. The summed E-state index contributed by atoms with van der Waals surface area (Å²) >= 11 is 0. The molecular weight excluding hydrogens is 261 g/mol. The van der Waals surface area contributed by atoms with E-state index in [1.54, 1.807) is 29.6 Å². The maximum absolute atomic E-state index is 12.0. The van der Waals surface area contributed by atoms with Crippen LogP contribution < -0.4 is 5.32 Å². The molecule has 0 atom stereocenters. The molecule has 0 unspecified atom stereocenters. The van der Waals surface area contributed by atoms with Crippen molar-refractivity contribution in [3.05, 3.63) is 36.0 Å². The van der Waals surface area contributed by atoms with Gasteiger partial charge in [-0.2, -0.15) is 17.9 Å². The molecule has 2 aromatic rings. The largest absolute Gasteiger partial charge is 0.471 e. The van der Waals surface area contributed by atoms with Gasteiger partial charge in [0.05, 0.1) is 5.52 Å². The van der Waals surface area contributed by atoms with Crippen LogP contribution in [0.4, 0.5) is 13.2 Å². The van der Waals surface area contributed by atoms with Gasteiger partial charge in [0, 0.05) is 18.1 Å². The fraction of sp³-hybridized carbons (Fsp3) is 0.250. The highest BCUT2D eigenvalue weighted by Crippen LogP contribution is 2.20. The van der Waals surface area contributed by atoms with Crippen LogP contribution in [-0.4, -0.2) is 28.6 Å². The summed E-state index contributed by atoms with van der Waals surface area (Å²) in [6, 6.07) is 6.94. The number of alkyl halides is 3. The van der Waals surface area contributed by atoms with E-state index in [1.165, 1.54) is 6.20 Å². The number of carbonyl (C=O) groups is 1. The third-order valence-electron chi connectivity index (χ3n) is 2.71. The lowest BCUT2D eigenvalue weighted by molar-refractivity contribution is -0.173. The Labute approximate surface area is 106 Å². The Balaban J connectivity index is 2.05. The Bertz CT molecular complexity index is 605. The zero-order chi connectivity index (χ0) is 14.0. The summed E-state index contributed by atoms with van der Waals surface area (Å²) in [5, 5.41) is 12.1. The second kappa shape index (κ2) is 4.83. The molecule has 2 rings (SSSR count). The normalized spacial score (nSPS) is 11.7. The lowest BCUT2D eigenvalue weighted by atomic mass is 10.1. The first-order valence-electron chi connectivity index (χ1n) is 5.53. The van der Waals surface area contributed by atoms with E-state index >= 15 is 0 Å². The Morgan fingerprint density at radius 2 is 2.00 bits per heavy atom. The molecule has 19 heavy (non-hydrogen) atoms. The zero-order valence-corrected chi connectivity index (χ0v) is 9.74. The molecule has 0 saturated heterocycles. The molecule has 0 aliphatic heterocycles. The Hall–Kier alpha value is -2.18. The van der Waals surface area contributed by atoms with Crippen molar-refractivity contribution in [1.29, 1.82) is 0 Å². The monoisotopic (exact) mass is 272 g/mol. The number of para-hydroxylation sites is 1. The number of hydrogen-bond donors (Lipinski definition) is 2. The van der Waals surface area contributed by atoms with Crippen LogP contribution >= 0.6 is 0 Å². The molecule has 1 aromatic carbocycles. The van der Waals surface area contributed by atoms with Gasteiger partial charge < -0.3 is 10.5 Å². The van der Waals surface area contributed by atoms with E-state index in [9.17, 15) is 23.2 Å². The highest BCUT2D eigenvalue weighted by atomic mass is 19.4. The van der Waals surface area contributed by atoms with Crippen LogP contribution in [0.15, 0.2) is 30.5 Å². The molecule has 0 bridgehead atoms. The summed E-state index contributed by atoms with van der Waals surface area (Å²) in [5.41, 5.74) is 1.24. The maximum atomic E-state index is 12.0. The summed E-state index contributed by atoms with van der Waals surface area (Å²) < 4.78 is 36.8. The lowest BCUT2D eigenvalue weighted by Gasteiger charge is -2.07. The first kappa shape index (κ1) is 13.3. The number of rotatable bonds is 3. The van der Waals surface area contributed by atoms with E-state index < -0.39 is 12.1 Å². The van der Waals surface area contributed by atoms with Crippen LogP contribution in [0.5, 0.6) is 0 Å². The van der Waals surface area contributed by atoms with Crippen molar-refractivity contribution >= 4 is 16.8 Å². The maximum Gasteiger partial charge on any atom is 0.471 e. The molecule has 1 aromatic heterocycles. The smallest absolute Gasteiger partial charge is 0.428 e. The minimum absolute atomic E-state index is 0.146. The summed E-state index contributed by atoms with van der Waals surface area (Å²) in [4.78, 5) is 10.6. The highest BCUT2D eigenvalue weighted by molar-refractivity contribution is 5.84. The second-order valence-corrected chi connectivity index (χ2v) is 4.02. The molecule has 0 fully saturated rings. The molecule has 2 N–H and O–H groups in total. The average molecular weight is 272 g/mol. The minimum Gasteiger partial charge on any atom is -0.428 e. The first-order chi connectivity index (χ1) is 8.89. The van der Waals surface area contributed by atoms with Crippen molar-refractivity contribution in [3.63, 3.8) is 0 Å². The van der Waals surface area contributed by atoms with Crippen molar-refractivity contribution in [2.75, 3.05) is 6.54 Å². The third-order valence-corrected chi connectivity index (χ3v) is 2.71. The number of carbonyl (C=O) groups excluding carboxylic acids is 1. The molecule has 1 heterocycles. The number of nitrogens with one attached hydrogen (secondary N) is 1. The van der Waals surface area contributed by atoms with Crippen molar-refractivity contribution in [3.8, 4) is 0 Å². The van der Waals surface area contributed by atoms with Gasteiger partial charge in [-0.1, -0.05) is 18.2 Å². The molecule has 0 aliphatic rings. The predicted octanol–water partition coefficient (Wildman–Crippen LogP) is 2.10. The highest BCUT2D eigenvalue weighted by Gasteiger charge is 2.38. The molecule has 7 heteroatoms. The van der Waals surface area contributed by atoms with Crippen molar-refractivity contribution in [2.24, 2.45) is 0 Å². The topological polar surface area (TPSA) is 54.3 Å². The minimum atomic E-state index is -4.87. The molecule has 0 radical (unpaired) electrons. The van der Waals surface area contributed by atoms with Gasteiger partial charge in [-0.25, -0.2) is 0 Å². The van der Waals surface area contributed by atoms with Gasteiger partial charge in [-0.3, -0.25) is 4.79 Å². The number of nitrogens with zero attached hydrogens (tertiary/aromatic N) is 1. The SMILES string of the molecule is O=C(NCCc1cn(O)c2ccccc12)C(F)(F)F. The summed E-state index contributed by atoms with van der Waals surface area (Å²) in [6.45, 7) is -0.146. The molecular formula is C12H11F3N2O2. The van der Waals surface area contributed by atoms with Crippen LogP contribution in [0.25, 0.3) is 10.9 Å². The predicted molar refractivity (Wildman–Crippen MR) is 61.9 cm³/mol. The van der Waals surface area contributed by atoms with Gasteiger partial charge in [0.25, 0.3) is 0 Å². The van der Waals surface area contributed by atoms with Gasteiger partial charge in [0.1, 0.15) is 0 Å². The van der Waals surface area contributed by atoms with Gasteiger partial charge in [-0.15, -0.1) is 0 Å². The van der Waals surface area contributed by atoms with E-state index in [0.717, 1.165) is 10.1 Å². The van der Waals surface area contributed by atoms with Gasteiger partial charge in [0.2, 0.25) is 0 Å².